The quantitative estimate of drug-likeness (QED) is 0.712. The van der Waals surface area contributed by atoms with E-state index in [0.29, 0.717) is 24.5 Å². The van der Waals surface area contributed by atoms with E-state index in [2.05, 4.69) is 0 Å². The van der Waals surface area contributed by atoms with Crippen LogP contribution in [0.5, 0.6) is 5.75 Å². The van der Waals surface area contributed by atoms with Crippen LogP contribution in [0.2, 0.25) is 0 Å². The highest BCUT2D eigenvalue weighted by Gasteiger charge is 2.34. The lowest BCUT2D eigenvalue weighted by Crippen LogP contribution is -2.52. The van der Waals surface area contributed by atoms with Crippen molar-refractivity contribution in [1.29, 1.82) is 0 Å². The molecule has 0 unspecified atom stereocenters. The van der Waals surface area contributed by atoms with Gasteiger partial charge in [-0.15, -0.1) is 0 Å². The first-order chi connectivity index (χ1) is 9.01. The Kier molecular flexibility index (Phi) is 4.28. The fourth-order valence-electron chi connectivity index (χ4n) is 1.82. The second-order valence-electron chi connectivity index (χ2n) is 4.60. The third-order valence-electron chi connectivity index (χ3n) is 3.07. The fourth-order valence-corrected chi connectivity index (χ4v) is 3.25. The van der Waals surface area contributed by atoms with Gasteiger partial charge in [0.15, 0.2) is 0 Å². The molecule has 1 fully saturated rings. The van der Waals surface area contributed by atoms with Gasteiger partial charge in [0.2, 0.25) is 10.0 Å². The van der Waals surface area contributed by atoms with Gasteiger partial charge >= 0.3 is 0 Å². The maximum absolute atomic E-state index is 11.9. The summed E-state index contributed by atoms with van der Waals surface area (Å²) >= 11 is 0. The SMILES string of the molecule is Nc1ccc(OCCS(=O)(=O)N2CC(CO)C2)cc1. The van der Waals surface area contributed by atoms with E-state index in [-0.39, 0.29) is 24.9 Å². The van der Waals surface area contributed by atoms with E-state index < -0.39 is 10.0 Å². The Bertz CT molecular complexity index is 509. The Balaban J connectivity index is 1.77. The molecule has 1 aliphatic rings. The molecule has 1 saturated heterocycles. The minimum atomic E-state index is -3.27. The van der Waals surface area contributed by atoms with Crippen LogP contribution in [0, 0.1) is 5.92 Å². The zero-order chi connectivity index (χ0) is 13.9. The average Bonchev–Trinajstić information content (AvgIpc) is 2.30. The van der Waals surface area contributed by atoms with Crippen LogP contribution in [0.25, 0.3) is 0 Å². The summed E-state index contributed by atoms with van der Waals surface area (Å²) < 4.78 is 30.5. The molecule has 0 aromatic heterocycles. The molecule has 2 rings (SSSR count). The number of ether oxygens (including phenoxy) is 1. The van der Waals surface area contributed by atoms with Crippen molar-refractivity contribution in [3.63, 3.8) is 0 Å². The van der Waals surface area contributed by atoms with E-state index in [4.69, 9.17) is 15.6 Å². The van der Waals surface area contributed by atoms with E-state index in [1.807, 2.05) is 0 Å². The Morgan fingerprint density at radius 1 is 1.32 bits per heavy atom. The predicted molar refractivity (Wildman–Crippen MR) is 72.3 cm³/mol. The minimum absolute atomic E-state index is 0.0357. The summed E-state index contributed by atoms with van der Waals surface area (Å²) in [5, 5.41) is 8.86. The molecule has 0 radical (unpaired) electrons. The van der Waals surface area contributed by atoms with E-state index in [9.17, 15) is 8.42 Å². The topological polar surface area (TPSA) is 92.9 Å². The number of aliphatic hydroxyl groups excluding tert-OH is 1. The number of benzene rings is 1. The molecular weight excluding hydrogens is 268 g/mol. The molecule has 7 heteroatoms. The number of hydrogen-bond donors (Lipinski definition) is 2. The van der Waals surface area contributed by atoms with Gasteiger partial charge in [0.1, 0.15) is 12.4 Å². The molecule has 1 aliphatic heterocycles. The number of anilines is 1. The average molecular weight is 286 g/mol. The van der Waals surface area contributed by atoms with Crippen molar-refractivity contribution in [3.05, 3.63) is 24.3 Å². The predicted octanol–water partition coefficient (Wildman–Crippen LogP) is -0.0985. The summed E-state index contributed by atoms with van der Waals surface area (Å²) in [4.78, 5) is 0. The van der Waals surface area contributed by atoms with Gasteiger partial charge in [-0.05, 0) is 24.3 Å². The van der Waals surface area contributed by atoms with Gasteiger partial charge in [-0.25, -0.2) is 12.7 Å². The van der Waals surface area contributed by atoms with Gasteiger partial charge in [-0.3, -0.25) is 0 Å². The van der Waals surface area contributed by atoms with Crippen LogP contribution in [0.3, 0.4) is 0 Å². The molecule has 0 spiro atoms. The molecule has 6 nitrogen and oxygen atoms in total. The number of rotatable bonds is 6. The smallest absolute Gasteiger partial charge is 0.217 e. The number of aliphatic hydroxyl groups is 1. The highest BCUT2D eigenvalue weighted by molar-refractivity contribution is 7.89. The summed E-state index contributed by atoms with van der Waals surface area (Å²) in [5.41, 5.74) is 6.17. The number of sulfonamides is 1. The van der Waals surface area contributed by atoms with Crippen LogP contribution in [0.1, 0.15) is 0 Å². The zero-order valence-corrected chi connectivity index (χ0v) is 11.3. The lowest BCUT2D eigenvalue weighted by molar-refractivity contribution is 0.117. The molecule has 0 bridgehead atoms. The molecule has 1 heterocycles. The number of nitrogens with two attached hydrogens (primary N) is 1. The minimum Gasteiger partial charge on any atom is -0.492 e. The number of nitrogens with zero attached hydrogens (tertiary/aromatic N) is 1. The highest BCUT2D eigenvalue weighted by Crippen LogP contribution is 2.19. The molecule has 0 amide bonds. The van der Waals surface area contributed by atoms with E-state index in [1.165, 1.54) is 4.31 Å². The first-order valence-corrected chi connectivity index (χ1v) is 7.69. The molecule has 106 valence electrons. The molecule has 0 saturated carbocycles. The molecule has 0 atom stereocenters. The highest BCUT2D eigenvalue weighted by atomic mass is 32.2. The second kappa shape index (κ2) is 5.77. The van der Waals surface area contributed by atoms with E-state index in [1.54, 1.807) is 24.3 Å². The summed E-state index contributed by atoms with van der Waals surface area (Å²) in [6.07, 6.45) is 0. The summed E-state index contributed by atoms with van der Waals surface area (Å²) in [7, 11) is -3.27. The summed E-state index contributed by atoms with van der Waals surface area (Å²) in [5.74, 6) is 0.615. The fraction of sp³-hybridized carbons (Fsp3) is 0.500. The van der Waals surface area contributed by atoms with Gasteiger partial charge in [0.05, 0.1) is 5.75 Å². The van der Waals surface area contributed by atoms with Crippen molar-refractivity contribution in [2.45, 2.75) is 0 Å². The lowest BCUT2D eigenvalue weighted by atomic mass is 10.1. The van der Waals surface area contributed by atoms with Crippen molar-refractivity contribution < 1.29 is 18.3 Å². The first-order valence-electron chi connectivity index (χ1n) is 6.08. The zero-order valence-electron chi connectivity index (χ0n) is 10.5. The second-order valence-corrected chi connectivity index (χ2v) is 6.69. The van der Waals surface area contributed by atoms with Gasteiger partial charge in [0, 0.05) is 31.3 Å². The maximum atomic E-state index is 11.9. The van der Waals surface area contributed by atoms with E-state index >= 15 is 0 Å². The molecule has 19 heavy (non-hydrogen) atoms. The van der Waals surface area contributed by atoms with E-state index in [0.717, 1.165) is 0 Å². The number of hydrogen-bond acceptors (Lipinski definition) is 5. The third-order valence-corrected chi connectivity index (χ3v) is 4.83. The lowest BCUT2D eigenvalue weighted by Gasteiger charge is -2.36. The standard InChI is InChI=1S/C12H18N2O4S/c13-11-1-3-12(4-2-11)18-5-6-19(16,17)14-7-10(8-14)9-15/h1-4,10,15H,5-9,13H2. The van der Waals surface area contributed by atoms with Crippen LogP contribution in [-0.2, 0) is 10.0 Å². The Hall–Kier alpha value is -1.31. The molecule has 3 N–H and O–H groups in total. The Labute approximate surface area is 112 Å². The van der Waals surface area contributed by atoms with Crippen molar-refractivity contribution in [2.75, 3.05) is 37.8 Å². The van der Waals surface area contributed by atoms with Crippen LogP contribution in [0.15, 0.2) is 24.3 Å². The van der Waals surface area contributed by atoms with Crippen LogP contribution in [0.4, 0.5) is 5.69 Å². The molecule has 1 aromatic rings. The third kappa shape index (κ3) is 3.59. The van der Waals surface area contributed by atoms with Gasteiger partial charge in [0.25, 0.3) is 0 Å². The largest absolute Gasteiger partial charge is 0.492 e. The van der Waals surface area contributed by atoms with Crippen molar-refractivity contribution in [1.82, 2.24) is 4.31 Å². The van der Waals surface area contributed by atoms with Crippen LogP contribution < -0.4 is 10.5 Å². The van der Waals surface area contributed by atoms with Crippen molar-refractivity contribution in [2.24, 2.45) is 5.92 Å². The first kappa shape index (κ1) is 14.1. The number of nitrogen functional groups attached to an aromatic ring is 1. The van der Waals surface area contributed by atoms with Gasteiger partial charge in [-0.1, -0.05) is 0 Å². The maximum Gasteiger partial charge on any atom is 0.217 e. The van der Waals surface area contributed by atoms with Gasteiger partial charge in [-0.2, -0.15) is 0 Å². The molecule has 0 aliphatic carbocycles. The van der Waals surface area contributed by atoms with Gasteiger partial charge < -0.3 is 15.6 Å². The molecular formula is C12H18N2O4S. The molecule has 1 aromatic carbocycles. The summed E-state index contributed by atoms with van der Waals surface area (Å²) in [6.45, 7) is 0.946. The monoisotopic (exact) mass is 286 g/mol. The van der Waals surface area contributed by atoms with Crippen molar-refractivity contribution >= 4 is 15.7 Å². The Morgan fingerprint density at radius 2 is 1.95 bits per heavy atom. The summed E-state index contributed by atoms with van der Waals surface area (Å²) in [6, 6.07) is 6.80. The normalized spacial score (nSPS) is 17.1. The van der Waals surface area contributed by atoms with Crippen molar-refractivity contribution in [3.8, 4) is 5.75 Å². The van der Waals surface area contributed by atoms with Crippen LogP contribution in [-0.4, -0.2) is 49.9 Å². The Morgan fingerprint density at radius 3 is 2.53 bits per heavy atom. The van der Waals surface area contributed by atoms with Crippen LogP contribution >= 0.6 is 0 Å².